The molecule has 1 amide bonds. The third-order valence-corrected chi connectivity index (χ3v) is 4.80. The topological polar surface area (TPSA) is 41.1 Å². The standard InChI is InChI=1S/C13H22N2O/c1-2-8-6-11(8)15-13(16)12-10-5-3-4-9(10)7-14-12/h8-12,14H,2-7H2,1H3,(H,15,16). The van der Waals surface area contributed by atoms with E-state index in [0.717, 1.165) is 18.4 Å². The van der Waals surface area contributed by atoms with E-state index in [4.69, 9.17) is 0 Å². The lowest BCUT2D eigenvalue weighted by atomic mass is 9.93. The van der Waals surface area contributed by atoms with Gasteiger partial charge in [-0.3, -0.25) is 4.79 Å². The fraction of sp³-hybridized carbons (Fsp3) is 0.923. The van der Waals surface area contributed by atoms with Crippen LogP contribution in [0.4, 0.5) is 0 Å². The van der Waals surface area contributed by atoms with Gasteiger partial charge in [-0.15, -0.1) is 0 Å². The molecule has 90 valence electrons. The van der Waals surface area contributed by atoms with Gasteiger partial charge in [-0.1, -0.05) is 19.8 Å². The van der Waals surface area contributed by atoms with Gasteiger partial charge in [-0.05, 0) is 43.6 Å². The van der Waals surface area contributed by atoms with Gasteiger partial charge < -0.3 is 10.6 Å². The maximum atomic E-state index is 12.1. The first kappa shape index (κ1) is 10.6. The summed E-state index contributed by atoms with van der Waals surface area (Å²) in [5.74, 6) is 2.43. The molecule has 3 fully saturated rings. The van der Waals surface area contributed by atoms with Crippen molar-refractivity contribution < 1.29 is 4.79 Å². The molecular formula is C13H22N2O. The molecule has 0 bridgehead atoms. The molecule has 2 saturated carbocycles. The van der Waals surface area contributed by atoms with E-state index in [9.17, 15) is 4.79 Å². The largest absolute Gasteiger partial charge is 0.352 e. The highest BCUT2D eigenvalue weighted by molar-refractivity contribution is 5.83. The van der Waals surface area contributed by atoms with Crippen LogP contribution in [0, 0.1) is 17.8 Å². The van der Waals surface area contributed by atoms with Gasteiger partial charge in [0, 0.05) is 6.04 Å². The van der Waals surface area contributed by atoms with E-state index in [1.807, 2.05) is 0 Å². The predicted octanol–water partition coefficient (Wildman–Crippen LogP) is 1.29. The minimum absolute atomic E-state index is 0.116. The predicted molar refractivity (Wildman–Crippen MR) is 63.0 cm³/mol. The van der Waals surface area contributed by atoms with Crippen LogP contribution in [-0.4, -0.2) is 24.5 Å². The van der Waals surface area contributed by atoms with Gasteiger partial charge in [-0.2, -0.15) is 0 Å². The van der Waals surface area contributed by atoms with Crippen molar-refractivity contribution in [2.75, 3.05) is 6.54 Å². The van der Waals surface area contributed by atoms with Gasteiger partial charge in [-0.25, -0.2) is 0 Å². The lowest BCUT2D eigenvalue weighted by Crippen LogP contribution is -2.45. The Kier molecular flexibility index (Phi) is 2.66. The number of hydrogen-bond acceptors (Lipinski definition) is 2. The van der Waals surface area contributed by atoms with E-state index in [1.54, 1.807) is 0 Å². The molecule has 2 aliphatic carbocycles. The highest BCUT2D eigenvalue weighted by Gasteiger charge is 2.44. The Morgan fingerprint density at radius 1 is 1.44 bits per heavy atom. The summed E-state index contributed by atoms with van der Waals surface area (Å²) in [5, 5.41) is 6.62. The number of hydrogen-bond donors (Lipinski definition) is 2. The van der Waals surface area contributed by atoms with Crippen molar-refractivity contribution in [3.05, 3.63) is 0 Å². The molecule has 0 aromatic rings. The first-order valence-electron chi connectivity index (χ1n) is 6.83. The fourth-order valence-corrected chi connectivity index (χ4v) is 3.62. The summed E-state index contributed by atoms with van der Waals surface area (Å²) in [6.45, 7) is 3.27. The summed E-state index contributed by atoms with van der Waals surface area (Å²) >= 11 is 0. The molecule has 3 nitrogen and oxygen atoms in total. The Morgan fingerprint density at radius 3 is 3.06 bits per heavy atom. The Balaban J connectivity index is 1.55. The highest BCUT2D eigenvalue weighted by Crippen LogP contribution is 2.38. The average molecular weight is 222 g/mol. The van der Waals surface area contributed by atoms with Gasteiger partial charge in [0.05, 0.1) is 6.04 Å². The van der Waals surface area contributed by atoms with Crippen LogP contribution in [0.2, 0.25) is 0 Å². The van der Waals surface area contributed by atoms with Crippen molar-refractivity contribution in [1.82, 2.24) is 10.6 Å². The monoisotopic (exact) mass is 222 g/mol. The molecule has 1 aliphatic heterocycles. The smallest absolute Gasteiger partial charge is 0.237 e. The molecule has 0 spiro atoms. The number of carbonyl (C=O) groups excluding carboxylic acids is 1. The van der Waals surface area contributed by atoms with E-state index in [-0.39, 0.29) is 11.9 Å². The van der Waals surface area contributed by atoms with Crippen LogP contribution < -0.4 is 10.6 Å². The van der Waals surface area contributed by atoms with Crippen molar-refractivity contribution >= 4 is 5.91 Å². The Hall–Kier alpha value is -0.570. The van der Waals surface area contributed by atoms with Crippen LogP contribution in [0.1, 0.15) is 39.0 Å². The van der Waals surface area contributed by atoms with Crippen LogP contribution in [-0.2, 0) is 4.79 Å². The third kappa shape index (κ3) is 1.75. The molecule has 3 heteroatoms. The van der Waals surface area contributed by atoms with Gasteiger partial charge in [0.1, 0.15) is 0 Å². The summed E-state index contributed by atoms with van der Waals surface area (Å²) in [5.41, 5.74) is 0. The summed E-state index contributed by atoms with van der Waals surface area (Å²) in [7, 11) is 0. The fourth-order valence-electron chi connectivity index (χ4n) is 3.62. The van der Waals surface area contributed by atoms with Crippen LogP contribution in [0.5, 0.6) is 0 Å². The van der Waals surface area contributed by atoms with Gasteiger partial charge in [0.25, 0.3) is 0 Å². The first-order chi connectivity index (χ1) is 7.79. The summed E-state index contributed by atoms with van der Waals surface area (Å²) in [6, 6.07) is 0.602. The summed E-state index contributed by atoms with van der Waals surface area (Å²) in [4.78, 5) is 12.1. The van der Waals surface area contributed by atoms with Crippen LogP contribution in [0.25, 0.3) is 0 Å². The molecule has 5 unspecified atom stereocenters. The molecule has 0 aromatic heterocycles. The molecule has 16 heavy (non-hydrogen) atoms. The quantitative estimate of drug-likeness (QED) is 0.755. The second kappa shape index (κ2) is 4.02. The van der Waals surface area contributed by atoms with Crippen LogP contribution in [0.15, 0.2) is 0 Å². The molecule has 1 heterocycles. The van der Waals surface area contributed by atoms with Crippen LogP contribution in [0.3, 0.4) is 0 Å². The van der Waals surface area contributed by atoms with Gasteiger partial charge in [0.2, 0.25) is 5.91 Å². The Labute approximate surface area is 97.4 Å². The maximum Gasteiger partial charge on any atom is 0.237 e. The lowest BCUT2D eigenvalue weighted by Gasteiger charge is -2.17. The maximum absolute atomic E-state index is 12.1. The zero-order valence-electron chi connectivity index (χ0n) is 10.0. The van der Waals surface area contributed by atoms with Crippen molar-refractivity contribution in [3.8, 4) is 0 Å². The van der Waals surface area contributed by atoms with E-state index in [1.165, 1.54) is 32.1 Å². The minimum Gasteiger partial charge on any atom is -0.352 e. The van der Waals surface area contributed by atoms with E-state index < -0.39 is 0 Å². The lowest BCUT2D eigenvalue weighted by molar-refractivity contribution is -0.124. The normalized spacial score (nSPS) is 45.4. The molecular weight excluding hydrogens is 200 g/mol. The molecule has 2 N–H and O–H groups in total. The molecule has 5 atom stereocenters. The number of rotatable bonds is 3. The van der Waals surface area contributed by atoms with E-state index in [0.29, 0.717) is 12.0 Å². The molecule has 3 rings (SSSR count). The number of carbonyl (C=O) groups is 1. The van der Waals surface area contributed by atoms with E-state index in [2.05, 4.69) is 17.6 Å². The SMILES string of the molecule is CCC1CC1NC(=O)C1NCC2CCCC21. The van der Waals surface area contributed by atoms with Crippen LogP contribution >= 0.6 is 0 Å². The zero-order valence-corrected chi connectivity index (χ0v) is 10.0. The van der Waals surface area contributed by atoms with Gasteiger partial charge >= 0.3 is 0 Å². The minimum atomic E-state index is 0.116. The zero-order chi connectivity index (χ0) is 11.1. The number of nitrogens with one attached hydrogen (secondary N) is 2. The summed E-state index contributed by atoms with van der Waals surface area (Å²) in [6.07, 6.45) is 6.29. The molecule has 0 aromatic carbocycles. The van der Waals surface area contributed by atoms with Gasteiger partial charge in [0.15, 0.2) is 0 Å². The molecule has 1 saturated heterocycles. The van der Waals surface area contributed by atoms with Crippen molar-refractivity contribution in [1.29, 1.82) is 0 Å². The number of amides is 1. The third-order valence-electron chi connectivity index (χ3n) is 4.80. The second-order valence-electron chi connectivity index (χ2n) is 5.76. The molecule has 0 radical (unpaired) electrons. The van der Waals surface area contributed by atoms with Crippen molar-refractivity contribution in [2.24, 2.45) is 17.8 Å². The van der Waals surface area contributed by atoms with Crippen molar-refractivity contribution in [3.63, 3.8) is 0 Å². The molecule has 3 aliphatic rings. The first-order valence-corrected chi connectivity index (χ1v) is 6.83. The highest BCUT2D eigenvalue weighted by atomic mass is 16.2. The average Bonchev–Trinajstić information content (AvgIpc) is 2.71. The van der Waals surface area contributed by atoms with E-state index >= 15 is 0 Å². The number of fused-ring (bicyclic) bond motifs is 1. The summed E-state index contributed by atoms with van der Waals surface area (Å²) < 4.78 is 0. The Bertz CT molecular complexity index is 292. The second-order valence-corrected chi connectivity index (χ2v) is 5.76. The Morgan fingerprint density at radius 2 is 2.31 bits per heavy atom. The van der Waals surface area contributed by atoms with Crippen molar-refractivity contribution in [2.45, 2.75) is 51.1 Å².